The van der Waals surface area contributed by atoms with E-state index in [1.165, 1.54) is 20.7 Å². The molecule has 1 aliphatic heterocycles. The number of ether oxygens (including phenoxy) is 1. The van der Waals surface area contributed by atoms with E-state index < -0.39 is 0 Å². The van der Waals surface area contributed by atoms with Crippen LogP contribution in [-0.4, -0.2) is 19.6 Å². The number of aldehydes is 1. The number of thiazole rings is 1. The molecule has 2 aliphatic rings. The van der Waals surface area contributed by atoms with E-state index in [1.54, 1.807) is 30.2 Å². The third-order valence-corrected chi connectivity index (χ3v) is 10.0. The summed E-state index contributed by atoms with van der Waals surface area (Å²) in [5.74, 6) is 0.591. The van der Waals surface area contributed by atoms with Gasteiger partial charge in [0.2, 0.25) is 5.52 Å². The van der Waals surface area contributed by atoms with Crippen LogP contribution in [0.25, 0.3) is 16.3 Å². The van der Waals surface area contributed by atoms with Crippen LogP contribution in [0.4, 0.5) is 5.69 Å². The van der Waals surface area contributed by atoms with Gasteiger partial charge in [-0.3, -0.25) is 0 Å². The zero-order valence-corrected chi connectivity index (χ0v) is 26.0. The van der Waals surface area contributed by atoms with Gasteiger partial charge in [-0.1, -0.05) is 77.9 Å². The second-order valence-corrected chi connectivity index (χ2v) is 13.1. The van der Waals surface area contributed by atoms with Crippen molar-refractivity contribution in [2.24, 2.45) is 5.92 Å². The number of carbonyl (C=O) groups excluding carboxylic acids is 1. The molecule has 3 aromatic rings. The van der Waals surface area contributed by atoms with Crippen LogP contribution in [-0.2, 0) is 16.1 Å². The summed E-state index contributed by atoms with van der Waals surface area (Å²) in [6.07, 6.45) is 15.7. The fraction of sp³-hybridized carbons (Fsp3) is 0.312. The maximum atomic E-state index is 11.2. The molecular weight excluding hydrogens is 579 g/mol. The van der Waals surface area contributed by atoms with Crippen molar-refractivity contribution in [3.63, 3.8) is 0 Å². The number of thioether (sulfide) groups is 1. The van der Waals surface area contributed by atoms with Crippen LogP contribution in [0.3, 0.4) is 0 Å². The second-order valence-electron chi connectivity index (χ2n) is 10.1. The van der Waals surface area contributed by atoms with Crippen LogP contribution < -0.4 is 9.47 Å². The minimum absolute atomic E-state index is 0.109. The van der Waals surface area contributed by atoms with E-state index in [9.17, 15) is 4.79 Å². The summed E-state index contributed by atoms with van der Waals surface area (Å²) in [7, 11) is 1.73. The van der Waals surface area contributed by atoms with Crippen molar-refractivity contribution in [1.82, 2.24) is 0 Å². The molecular formula is C32H33Cl2N2O2S2+. The maximum absolute atomic E-state index is 11.2. The van der Waals surface area contributed by atoms with Gasteiger partial charge in [0.25, 0.3) is 5.01 Å². The number of fused-ring (bicyclic) bond motifs is 2. The van der Waals surface area contributed by atoms with Crippen LogP contribution in [0, 0.1) is 5.92 Å². The molecule has 0 bridgehead atoms. The molecule has 0 saturated heterocycles. The van der Waals surface area contributed by atoms with Crippen LogP contribution >= 0.6 is 46.3 Å². The number of aromatic nitrogens is 1. The quantitative estimate of drug-likeness (QED) is 0.178. The maximum Gasteiger partial charge on any atom is 0.263 e. The number of anilines is 1. The summed E-state index contributed by atoms with van der Waals surface area (Å²) < 4.78 is 9.08. The number of benzene rings is 2. The molecule has 0 amide bonds. The number of halogens is 2. The number of hydrogen-bond acceptors (Lipinski definition) is 5. The third-order valence-electron chi connectivity index (χ3n) is 7.35. The van der Waals surface area contributed by atoms with Crippen molar-refractivity contribution in [1.29, 1.82) is 0 Å². The second kappa shape index (κ2) is 13.1. The number of rotatable bonds is 9. The molecule has 1 aromatic heterocycles. The lowest BCUT2D eigenvalue weighted by molar-refractivity contribution is -0.667. The van der Waals surface area contributed by atoms with Crippen molar-refractivity contribution in [2.45, 2.75) is 57.2 Å². The van der Waals surface area contributed by atoms with Crippen molar-refractivity contribution in [2.75, 3.05) is 12.0 Å². The number of hydrogen-bond donors (Lipinski definition) is 0. The summed E-state index contributed by atoms with van der Waals surface area (Å²) in [5, 5.41) is 3.69. The first-order valence-corrected chi connectivity index (χ1v) is 15.9. The van der Waals surface area contributed by atoms with Gasteiger partial charge >= 0.3 is 0 Å². The number of aryl methyl sites for hydroxylation is 1. The van der Waals surface area contributed by atoms with Gasteiger partial charge in [-0.15, -0.1) is 0 Å². The minimum atomic E-state index is -0.109. The average Bonchev–Trinajstić information content (AvgIpc) is 3.47. The minimum Gasteiger partial charge on any atom is -0.362 e. The van der Waals surface area contributed by atoms with Crippen LogP contribution in [0.2, 0.25) is 10.0 Å². The Labute approximate surface area is 254 Å². The predicted molar refractivity (Wildman–Crippen MR) is 170 cm³/mol. The lowest BCUT2D eigenvalue weighted by Crippen LogP contribution is -2.35. The summed E-state index contributed by atoms with van der Waals surface area (Å²) >= 11 is 16.1. The molecule has 0 fully saturated rings. The zero-order chi connectivity index (χ0) is 28.2. The third kappa shape index (κ3) is 6.42. The molecule has 2 unspecified atom stereocenters. The van der Waals surface area contributed by atoms with Crippen molar-refractivity contribution in [3.8, 4) is 0 Å². The largest absolute Gasteiger partial charge is 0.362 e. The first-order valence-electron chi connectivity index (χ1n) is 13.5. The molecule has 1 aliphatic carbocycles. The molecule has 0 saturated carbocycles. The predicted octanol–water partition coefficient (Wildman–Crippen LogP) is 9.22. The average molecular weight is 613 g/mol. The van der Waals surface area contributed by atoms with E-state index in [2.05, 4.69) is 58.9 Å². The summed E-state index contributed by atoms with van der Waals surface area (Å²) in [6.45, 7) is 4.96. The first kappa shape index (κ1) is 29.2. The van der Waals surface area contributed by atoms with Gasteiger partial charge in [-0.05, 0) is 73.2 Å². The molecule has 2 heterocycles. The molecule has 208 valence electrons. The van der Waals surface area contributed by atoms with Gasteiger partial charge in [0.15, 0.2) is 6.54 Å². The number of methoxy groups -OCH3 is 1. The van der Waals surface area contributed by atoms with Gasteiger partial charge in [0.1, 0.15) is 17.2 Å². The molecule has 2 aromatic carbocycles. The Morgan fingerprint density at radius 3 is 2.75 bits per heavy atom. The van der Waals surface area contributed by atoms with Gasteiger partial charge in [-0.25, -0.2) is 0 Å². The SMILES string of the molecule is CCC1CC(/C=C/C=C2\Sc3ccc(Cl)cc3N2C(C)OC)=CC(=C/c2sc3ccc(Cl)cc3[n+]2CCC=O)/C1. The van der Waals surface area contributed by atoms with Crippen LogP contribution in [0.15, 0.2) is 81.8 Å². The molecule has 0 N–H and O–H groups in total. The van der Waals surface area contributed by atoms with Crippen LogP contribution in [0.5, 0.6) is 0 Å². The van der Waals surface area contributed by atoms with E-state index >= 15 is 0 Å². The number of allylic oxidation sites excluding steroid dienone is 6. The molecule has 4 nitrogen and oxygen atoms in total. The highest BCUT2D eigenvalue weighted by molar-refractivity contribution is 8.03. The lowest BCUT2D eigenvalue weighted by Gasteiger charge is -2.26. The Kier molecular flexibility index (Phi) is 9.54. The molecule has 0 radical (unpaired) electrons. The molecule has 40 heavy (non-hydrogen) atoms. The van der Waals surface area contributed by atoms with Crippen molar-refractivity contribution in [3.05, 3.63) is 91.9 Å². The fourth-order valence-corrected chi connectivity index (χ4v) is 7.84. The van der Waals surface area contributed by atoms with Gasteiger partial charge in [0, 0.05) is 34.2 Å². The van der Waals surface area contributed by atoms with Gasteiger partial charge < -0.3 is 14.4 Å². The first-order chi connectivity index (χ1) is 19.4. The van der Waals surface area contributed by atoms with E-state index in [-0.39, 0.29) is 6.23 Å². The lowest BCUT2D eigenvalue weighted by atomic mass is 9.84. The van der Waals surface area contributed by atoms with Gasteiger partial charge in [-0.2, -0.15) is 4.57 Å². The highest BCUT2D eigenvalue weighted by Gasteiger charge is 2.29. The Balaban J connectivity index is 1.45. The molecule has 0 spiro atoms. The molecule has 5 rings (SSSR count). The Morgan fingerprint density at radius 1 is 1.18 bits per heavy atom. The zero-order valence-electron chi connectivity index (χ0n) is 22.9. The van der Waals surface area contributed by atoms with E-state index in [0.717, 1.165) is 51.8 Å². The van der Waals surface area contributed by atoms with E-state index in [1.807, 2.05) is 31.2 Å². The Hall–Kier alpha value is -2.35. The summed E-state index contributed by atoms with van der Waals surface area (Å²) in [4.78, 5) is 14.6. The Morgan fingerprint density at radius 2 is 1.98 bits per heavy atom. The monoisotopic (exact) mass is 611 g/mol. The van der Waals surface area contributed by atoms with E-state index in [0.29, 0.717) is 23.9 Å². The highest BCUT2D eigenvalue weighted by atomic mass is 35.5. The normalized spacial score (nSPS) is 20.1. The number of nitrogens with zero attached hydrogens (tertiary/aromatic N) is 2. The summed E-state index contributed by atoms with van der Waals surface area (Å²) in [5.41, 5.74) is 4.79. The fourth-order valence-electron chi connectivity index (χ4n) is 5.25. The van der Waals surface area contributed by atoms with E-state index in [4.69, 9.17) is 27.9 Å². The summed E-state index contributed by atoms with van der Waals surface area (Å²) in [6, 6.07) is 12.0. The molecule has 8 heteroatoms. The van der Waals surface area contributed by atoms with Gasteiger partial charge in [0.05, 0.1) is 17.1 Å². The van der Waals surface area contributed by atoms with Crippen LogP contribution in [0.1, 0.15) is 44.5 Å². The number of carbonyl (C=O) groups is 1. The highest BCUT2D eigenvalue weighted by Crippen LogP contribution is 2.48. The standard InChI is InChI=1S/C32H33Cl2N2O2S2/c1-4-22-15-23(7-5-8-31-36(21(2)38-3)28-20-26(34)10-12-30(28)39-31)17-24(16-22)18-32-35(13-6-14-37)27-19-25(33)9-11-29(27)40-32/h5,7-12,14,17-22H,4,6,13,15-16H2,1-3H3/q+1. The topological polar surface area (TPSA) is 33.4 Å². The Bertz CT molecular complexity index is 1540. The van der Waals surface area contributed by atoms with Crippen molar-refractivity contribution >= 4 is 74.6 Å². The molecule has 2 atom stereocenters. The smallest absolute Gasteiger partial charge is 0.263 e. The van der Waals surface area contributed by atoms with Crippen molar-refractivity contribution < 1.29 is 14.1 Å².